The zero-order valence-corrected chi connectivity index (χ0v) is 9.80. The van der Waals surface area contributed by atoms with Crippen LogP contribution in [0.15, 0.2) is 24.3 Å². The topological polar surface area (TPSA) is 17.0 Å². The van der Waals surface area contributed by atoms with E-state index >= 15 is 0 Å². The smallest absolute Gasteiger partial charge is 0.0497 e. The van der Waals surface area contributed by atoms with Crippen LogP contribution in [-0.2, 0) is 13.1 Å². The molecule has 1 N–H and O–H groups in total. The maximum Gasteiger partial charge on any atom is 0.0497 e. The Morgan fingerprint density at radius 1 is 1.33 bits per heavy atom. The average molecular weight is 223 g/mol. The summed E-state index contributed by atoms with van der Waals surface area (Å²) in [5.41, 5.74) is 2.52. The summed E-state index contributed by atoms with van der Waals surface area (Å²) in [5.74, 6) is 0. The number of nitrogens with one attached hydrogen (secondary N) is 1. The van der Waals surface area contributed by atoms with Crippen molar-refractivity contribution in [3.05, 3.63) is 35.0 Å². The van der Waals surface area contributed by atoms with Gasteiger partial charge in [-0.05, 0) is 32.2 Å². The maximum absolute atomic E-state index is 6.00. The molecule has 2 aromatic rings. The largest absolute Gasteiger partial charge is 0.344 e. The molecule has 1 heterocycles. The summed E-state index contributed by atoms with van der Waals surface area (Å²) in [6, 6.07) is 8.25. The van der Waals surface area contributed by atoms with Crippen molar-refractivity contribution in [3.8, 4) is 0 Å². The first-order chi connectivity index (χ1) is 7.26. The van der Waals surface area contributed by atoms with Gasteiger partial charge in [-0.1, -0.05) is 17.7 Å². The van der Waals surface area contributed by atoms with E-state index in [1.165, 1.54) is 16.6 Å². The van der Waals surface area contributed by atoms with Crippen LogP contribution in [-0.4, -0.2) is 11.6 Å². The predicted molar refractivity (Wildman–Crippen MR) is 65.4 cm³/mol. The first-order valence-corrected chi connectivity index (χ1v) is 5.56. The first-order valence-electron chi connectivity index (χ1n) is 5.18. The Morgan fingerprint density at radius 3 is 2.80 bits per heavy atom. The summed E-state index contributed by atoms with van der Waals surface area (Å²) < 4.78 is 2.29. The summed E-state index contributed by atoms with van der Waals surface area (Å²) in [7, 11) is 1.96. The quantitative estimate of drug-likeness (QED) is 0.845. The molecule has 2 rings (SSSR count). The lowest BCUT2D eigenvalue weighted by Crippen LogP contribution is -2.10. The number of hydrogen-bond acceptors (Lipinski definition) is 1. The van der Waals surface area contributed by atoms with Gasteiger partial charge >= 0.3 is 0 Å². The van der Waals surface area contributed by atoms with E-state index in [9.17, 15) is 0 Å². The number of rotatable bonds is 3. The number of fused-ring (bicyclic) bond motifs is 1. The molecule has 0 bridgehead atoms. The monoisotopic (exact) mass is 222 g/mol. The van der Waals surface area contributed by atoms with Crippen molar-refractivity contribution < 1.29 is 0 Å². The SMILES string of the molecule is CCn1c(CNC)cc2ccc(Cl)cc21. The summed E-state index contributed by atoms with van der Waals surface area (Å²) in [6.07, 6.45) is 0. The second-order valence-electron chi connectivity index (χ2n) is 3.61. The Balaban J connectivity index is 2.63. The van der Waals surface area contributed by atoms with Crippen LogP contribution in [0.3, 0.4) is 0 Å². The van der Waals surface area contributed by atoms with Gasteiger partial charge in [0, 0.05) is 34.7 Å². The van der Waals surface area contributed by atoms with E-state index in [1.807, 2.05) is 19.2 Å². The molecule has 0 atom stereocenters. The van der Waals surface area contributed by atoms with Gasteiger partial charge in [-0.25, -0.2) is 0 Å². The molecule has 0 unspecified atom stereocenters. The third-order valence-electron chi connectivity index (χ3n) is 2.63. The number of benzene rings is 1. The Bertz CT molecular complexity index is 474. The van der Waals surface area contributed by atoms with Crippen LogP contribution in [0.1, 0.15) is 12.6 Å². The summed E-state index contributed by atoms with van der Waals surface area (Å²) in [6.45, 7) is 4.01. The fourth-order valence-corrected chi connectivity index (χ4v) is 2.15. The van der Waals surface area contributed by atoms with Crippen LogP contribution in [0.25, 0.3) is 10.9 Å². The number of halogens is 1. The molecule has 0 aliphatic rings. The minimum Gasteiger partial charge on any atom is -0.344 e. The van der Waals surface area contributed by atoms with Crippen LogP contribution < -0.4 is 5.32 Å². The lowest BCUT2D eigenvalue weighted by molar-refractivity contribution is 0.692. The maximum atomic E-state index is 6.00. The van der Waals surface area contributed by atoms with Gasteiger partial charge in [-0.2, -0.15) is 0 Å². The third kappa shape index (κ3) is 1.87. The highest BCUT2D eigenvalue weighted by atomic mass is 35.5. The lowest BCUT2D eigenvalue weighted by atomic mass is 10.2. The molecule has 80 valence electrons. The van der Waals surface area contributed by atoms with Crippen molar-refractivity contribution in [1.29, 1.82) is 0 Å². The molecular formula is C12H15ClN2. The van der Waals surface area contributed by atoms with Gasteiger partial charge in [0.1, 0.15) is 0 Å². The molecule has 1 aromatic carbocycles. The molecule has 3 heteroatoms. The van der Waals surface area contributed by atoms with E-state index in [1.54, 1.807) is 0 Å². The molecule has 0 fully saturated rings. The minimum absolute atomic E-state index is 0.798. The molecule has 0 aliphatic heterocycles. The van der Waals surface area contributed by atoms with Crippen molar-refractivity contribution in [1.82, 2.24) is 9.88 Å². The zero-order valence-electron chi connectivity index (χ0n) is 9.05. The highest BCUT2D eigenvalue weighted by Crippen LogP contribution is 2.23. The standard InChI is InChI=1S/C12H15ClN2/c1-3-15-11(8-14-2)6-9-4-5-10(13)7-12(9)15/h4-7,14H,3,8H2,1-2H3. The highest BCUT2D eigenvalue weighted by molar-refractivity contribution is 6.31. The number of hydrogen-bond donors (Lipinski definition) is 1. The van der Waals surface area contributed by atoms with E-state index in [0.717, 1.165) is 18.1 Å². The van der Waals surface area contributed by atoms with Crippen LogP contribution in [0.4, 0.5) is 0 Å². The van der Waals surface area contributed by atoms with E-state index in [2.05, 4.69) is 28.9 Å². The molecular weight excluding hydrogens is 208 g/mol. The van der Waals surface area contributed by atoms with Gasteiger partial charge in [-0.3, -0.25) is 0 Å². The molecule has 0 saturated heterocycles. The first kappa shape index (κ1) is 10.5. The van der Waals surface area contributed by atoms with Gasteiger partial charge < -0.3 is 9.88 Å². The highest BCUT2D eigenvalue weighted by Gasteiger charge is 2.06. The van der Waals surface area contributed by atoms with Crippen molar-refractivity contribution in [2.45, 2.75) is 20.0 Å². The Hall–Kier alpha value is -0.990. The van der Waals surface area contributed by atoms with Gasteiger partial charge in [0.05, 0.1) is 0 Å². The molecule has 0 spiro atoms. The fraction of sp³-hybridized carbons (Fsp3) is 0.333. The average Bonchev–Trinajstić information content (AvgIpc) is 2.55. The van der Waals surface area contributed by atoms with Crippen LogP contribution in [0.5, 0.6) is 0 Å². The number of nitrogens with zero attached hydrogens (tertiary/aromatic N) is 1. The van der Waals surface area contributed by atoms with Crippen LogP contribution in [0, 0.1) is 0 Å². The Morgan fingerprint density at radius 2 is 2.13 bits per heavy atom. The van der Waals surface area contributed by atoms with E-state index in [4.69, 9.17) is 11.6 Å². The van der Waals surface area contributed by atoms with E-state index in [-0.39, 0.29) is 0 Å². The molecule has 0 aliphatic carbocycles. The molecule has 0 amide bonds. The minimum atomic E-state index is 0.798. The Kier molecular flexibility index (Phi) is 2.98. The molecule has 2 nitrogen and oxygen atoms in total. The summed E-state index contributed by atoms with van der Waals surface area (Å²) in [4.78, 5) is 0. The van der Waals surface area contributed by atoms with Crippen LogP contribution >= 0.6 is 11.6 Å². The second kappa shape index (κ2) is 4.25. The van der Waals surface area contributed by atoms with Crippen molar-refractivity contribution in [3.63, 3.8) is 0 Å². The third-order valence-corrected chi connectivity index (χ3v) is 2.86. The fourth-order valence-electron chi connectivity index (χ4n) is 1.99. The van der Waals surface area contributed by atoms with E-state index < -0.39 is 0 Å². The van der Waals surface area contributed by atoms with Gasteiger partial charge in [0.15, 0.2) is 0 Å². The van der Waals surface area contributed by atoms with Gasteiger partial charge in [0.25, 0.3) is 0 Å². The molecule has 15 heavy (non-hydrogen) atoms. The predicted octanol–water partition coefficient (Wildman–Crippen LogP) is 3.03. The lowest BCUT2D eigenvalue weighted by Gasteiger charge is -2.07. The normalized spacial score (nSPS) is 11.1. The molecule has 0 radical (unpaired) electrons. The molecule has 0 saturated carbocycles. The second-order valence-corrected chi connectivity index (χ2v) is 4.05. The summed E-state index contributed by atoms with van der Waals surface area (Å²) >= 11 is 6.00. The Labute approximate surface area is 94.8 Å². The number of aromatic nitrogens is 1. The van der Waals surface area contributed by atoms with Crippen molar-refractivity contribution in [2.75, 3.05) is 7.05 Å². The zero-order chi connectivity index (χ0) is 10.8. The van der Waals surface area contributed by atoms with E-state index in [0.29, 0.717) is 0 Å². The molecule has 1 aromatic heterocycles. The van der Waals surface area contributed by atoms with Crippen molar-refractivity contribution in [2.24, 2.45) is 0 Å². The summed E-state index contributed by atoms with van der Waals surface area (Å²) in [5, 5.41) is 5.23. The van der Waals surface area contributed by atoms with Gasteiger partial charge in [-0.15, -0.1) is 0 Å². The van der Waals surface area contributed by atoms with Gasteiger partial charge in [0.2, 0.25) is 0 Å². The number of aryl methyl sites for hydroxylation is 1. The van der Waals surface area contributed by atoms with Crippen LogP contribution in [0.2, 0.25) is 5.02 Å². The van der Waals surface area contributed by atoms with Crippen molar-refractivity contribution >= 4 is 22.5 Å².